The summed E-state index contributed by atoms with van der Waals surface area (Å²) in [6, 6.07) is 7.52. The molecule has 0 unspecified atom stereocenters. The van der Waals surface area contributed by atoms with Gasteiger partial charge in [-0.2, -0.15) is 13.2 Å². The van der Waals surface area contributed by atoms with Gasteiger partial charge in [0.05, 0.1) is 0 Å². The first-order valence-corrected chi connectivity index (χ1v) is 10.4. The number of amides is 2. The van der Waals surface area contributed by atoms with E-state index in [-0.39, 0.29) is 31.8 Å². The zero-order chi connectivity index (χ0) is 22.2. The lowest BCUT2D eigenvalue weighted by Gasteiger charge is -2.31. The molecule has 162 valence electrons. The number of hydrogen-bond acceptors (Lipinski definition) is 6. The van der Waals surface area contributed by atoms with Gasteiger partial charge in [0.25, 0.3) is 0 Å². The minimum atomic E-state index is -4.89. The second-order valence-electron chi connectivity index (χ2n) is 7.31. The highest BCUT2D eigenvalue weighted by atomic mass is 32.1. The monoisotopic (exact) mass is 449 g/mol. The van der Waals surface area contributed by atoms with E-state index in [2.05, 4.69) is 20.5 Å². The number of aromatic nitrogens is 3. The maximum atomic E-state index is 12.6. The number of aryl methyl sites for hydroxylation is 1. The Morgan fingerprint density at radius 2 is 1.87 bits per heavy atom. The van der Waals surface area contributed by atoms with Crippen LogP contribution in [0.5, 0.6) is 0 Å². The van der Waals surface area contributed by atoms with Gasteiger partial charge in [0.15, 0.2) is 0 Å². The van der Waals surface area contributed by atoms with Crippen LogP contribution in [0.25, 0.3) is 21.3 Å². The number of likely N-dealkylation sites (tertiary alicyclic amines) is 1. The Morgan fingerprint density at radius 3 is 2.52 bits per heavy atom. The molecule has 1 aromatic carbocycles. The molecule has 0 saturated carbocycles. The van der Waals surface area contributed by atoms with Crippen molar-refractivity contribution < 1.29 is 22.8 Å². The Labute approximate surface area is 179 Å². The van der Waals surface area contributed by atoms with Crippen molar-refractivity contribution in [3.8, 4) is 10.6 Å². The van der Waals surface area contributed by atoms with Crippen molar-refractivity contribution in [2.24, 2.45) is 5.92 Å². The van der Waals surface area contributed by atoms with E-state index in [0.29, 0.717) is 5.82 Å². The van der Waals surface area contributed by atoms with E-state index in [9.17, 15) is 22.8 Å². The third-order valence-corrected chi connectivity index (χ3v) is 6.03. The summed E-state index contributed by atoms with van der Waals surface area (Å²) in [6.07, 6.45) is -2.91. The molecule has 1 N–H and O–H groups in total. The summed E-state index contributed by atoms with van der Waals surface area (Å²) in [6.45, 7) is 1.67. The number of fused-ring (bicyclic) bond motifs is 1. The lowest BCUT2D eigenvalue weighted by atomic mass is 9.96. The van der Waals surface area contributed by atoms with Crippen molar-refractivity contribution >= 4 is 39.7 Å². The van der Waals surface area contributed by atoms with Gasteiger partial charge in [-0.05, 0) is 37.3 Å². The Morgan fingerprint density at radius 1 is 1.13 bits per heavy atom. The number of pyridine rings is 1. The minimum Gasteiger partial charge on any atom is -0.335 e. The topological polar surface area (TPSA) is 88.1 Å². The molecule has 3 aromatic rings. The molecular formula is C20H18F3N5O2S. The maximum Gasteiger partial charge on any atom is 0.471 e. The van der Waals surface area contributed by atoms with Crippen LogP contribution in [0.1, 0.15) is 17.8 Å². The molecule has 2 amide bonds. The van der Waals surface area contributed by atoms with Gasteiger partial charge in [-0.25, -0.2) is 4.98 Å². The van der Waals surface area contributed by atoms with Gasteiger partial charge < -0.3 is 10.2 Å². The number of benzene rings is 1. The Balaban J connectivity index is 1.43. The first kappa shape index (κ1) is 21.2. The number of anilines is 1. The van der Waals surface area contributed by atoms with Crippen LogP contribution in [0, 0.1) is 12.8 Å². The van der Waals surface area contributed by atoms with E-state index >= 15 is 0 Å². The highest BCUT2D eigenvalue weighted by Crippen LogP contribution is 2.28. The molecule has 4 rings (SSSR count). The normalized spacial score (nSPS) is 15.3. The smallest absolute Gasteiger partial charge is 0.335 e. The van der Waals surface area contributed by atoms with Gasteiger partial charge in [-0.3, -0.25) is 9.59 Å². The number of carbonyl (C=O) groups excluding carboxylic acids is 2. The molecule has 31 heavy (non-hydrogen) atoms. The molecule has 1 fully saturated rings. The van der Waals surface area contributed by atoms with E-state index in [4.69, 9.17) is 0 Å². The molecule has 0 bridgehead atoms. The zero-order valence-electron chi connectivity index (χ0n) is 16.4. The van der Waals surface area contributed by atoms with E-state index in [1.165, 1.54) is 11.3 Å². The van der Waals surface area contributed by atoms with Gasteiger partial charge >= 0.3 is 12.1 Å². The predicted octanol–water partition coefficient (Wildman–Crippen LogP) is 3.80. The Kier molecular flexibility index (Phi) is 5.61. The van der Waals surface area contributed by atoms with Crippen LogP contribution in [0.3, 0.4) is 0 Å². The molecule has 1 aliphatic heterocycles. The van der Waals surface area contributed by atoms with Crippen molar-refractivity contribution in [1.82, 2.24) is 20.1 Å². The average molecular weight is 449 g/mol. The van der Waals surface area contributed by atoms with Gasteiger partial charge in [-0.15, -0.1) is 10.2 Å². The van der Waals surface area contributed by atoms with Gasteiger partial charge in [0, 0.05) is 36.2 Å². The first-order chi connectivity index (χ1) is 14.7. The lowest BCUT2D eigenvalue weighted by Crippen LogP contribution is -2.46. The molecule has 0 atom stereocenters. The SMILES string of the molecule is Cc1nnc(-c2ccc3cnc(NC(=O)C4CCN(C(=O)C(F)(F)F)CC4)cc3c2)s1. The van der Waals surface area contributed by atoms with Crippen LogP contribution in [0.15, 0.2) is 30.5 Å². The number of nitrogens with one attached hydrogen (secondary N) is 1. The Bertz CT molecular complexity index is 1140. The summed E-state index contributed by atoms with van der Waals surface area (Å²) in [7, 11) is 0. The van der Waals surface area contributed by atoms with E-state index in [0.717, 1.165) is 31.3 Å². The average Bonchev–Trinajstić information content (AvgIpc) is 3.18. The third-order valence-electron chi connectivity index (χ3n) is 5.14. The van der Waals surface area contributed by atoms with Crippen molar-refractivity contribution in [2.45, 2.75) is 25.9 Å². The summed E-state index contributed by atoms with van der Waals surface area (Å²) >= 11 is 1.48. The number of halogens is 3. The Hall–Kier alpha value is -3.08. The number of alkyl halides is 3. The summed E-state index contributed by atoms with van der Waals surface area (Å²) in [4.78, 5) is 28.9. The number of rotatable bonds is 3. The van der Waals surface area contributed by atoms with Crippen molar-refractivity contribution in [2.75, 3.05) is 18.4 Å². The zero-order valence-corrected chi connectivity index (χ0v) is 17.3. The third kappa shape index (κ3) is 4.66. The molecular weight excluding hydrogens is 431 g/mol. The fourth-order valence-electron chi connectivity index (χ4n) is 3.51. The summed E-state index contributed by atoms with van der Waals surface area (Å²) in [5, 5.41) is 14.3. The summed E-state index contributed by atoms with van der Waals surface area (Å²) in [5.41, 5.74) is 0.906. The number of nitrogens with zero attached hydrogens (tertiary/aromatic N) is 4. The van der Waals surface area contributed by atoms with Crippen LogP contribution in [0.4, 0.5) is 19.0 Å². The molecule has 11 heteroatoms. The highest BCUT2D eigenvalue weighted by molar-refractivity contribution is 7.14. The quantitative estimate of drug-likeness (QED) is 0.657. The van der Waals surface area contributed by atoms with E-state index in [1.54, 1.807) is 12.3 Å². The first-order valence-electron chi connectivity index (χ1n) is 9.58. The van der Waals surface area contributed by atoms with E-state index < -0.39 is 18.0 Å². The number of hydrogen-bond donors (Lipinski definition) is 1. The van der Waals surface area contributed by atoms with Crippen LogP contribution >= 0.6 is 11.3 Å². The second kappa shape index (κ2) is 8.22. The van der Waals surface area contributed by atoms with Gasteiger partial charge in [0.2, 0.25) is 5.91 Å². The standard InChI is InChI=1S/C20H18F3N5O2S/c1-11-26-27-18(31-11)13-2-3-14-10-24-16(9-15(14)8-13)25-17(29)12-4-6-28(7-5-12)19(30)20(21,22)23/h2-3,8-10,12H,4-7H2,1H3,(H,24,25,29). The van der Waals surface area contributed by atoms with Crippen molar-refractivity contribution in [3.05, 3.63) is 35.5 Å². The molecule has 3 heterocycles. The largest absolute Gasteiger partial charge is 0.471 e. The summed E-state index contributed by atoms with van der Waals surface area (Å²) in [5.74, 6) is -2.30. The van der Waals surface area contributed by atoms with Crippen LogP contribution < -0.4 is 5.32 Å². The number of piperidine rings is 1. The van der Waals surface area contributed by atoms with Crippen LogP contribution in [-0.2, 0) is 9.59 Å². The van der Waals surface area contributed by atoms with Gasteiger partial charge in [-0.1, -0.05) is 23.5 Å². The predicted molar refractivity (Wildman–Crippen MR) is 109 cm³/mol. The van der Waals surface area contributed by atoms with Crippen molar-refractivity contribution in [3.63, 3.8) is 0 Å². The maximum absolute atomic E-state index is 12.6. The number of carbonyl (C=O) groups is 2. The molecule has 7 nitrogen and oxygen atoms in total. The molecule has 0 aliphatic carbocycles. The van der Waals surface area contributed by atoms with E-state index in [1.807, 2.05) is 25.1 Å². The molecule has 1 aliphatic rings. The van der Waals surface area contributed by atoms with Crippen molar-refractivity contribution in [1.29, 1.82) is 0 Å². The van der Waals surface area contributed by atoms with Crippen LogP contribution in [0.2, 0.25) is 0 Å². The lowest BCUT2D eigenvalue weighted by molar-refractivity contribution is -0.186. The summed E-state index contributed by atoms with van der Waals surface area (Å²) < 4.78 is 37.7. The molecule has 2 aromatic heterocycles. The minimum absolute atomic E-state index is 0.105. The highest BCUT2D eigenvalue weighted by Gasteiger charge is 2.43. The van der Waals surface area contributed by atoms with Gasteiger partial charge in [0.1, 0.15) is 15.8 Å². The fourth-order valence-corrected chi connectivity index (χ4v) is 4.20. The molecule has 1 saturated heterocycles. The molecule has 0 radical (unpaired) electrons. The fraction of sp³-hybridized carbons (Fsp3) is 0.350. The molecule has 0 spiro atoms. The second-order valence-corrected chi connectivity index (χ2v) is 8.49. The van der Waals surface area contributed by atoms with Crippen LogP contribution in [-0.4, -0.2) is 51.2 Å².